The summed E-state index contributed by atoms with van der Waals surface area (Å²) < 4.78 is 24.5. The standard InChI is InChI=1S/C21H29NSi/c1-16-21(23(2,3)4)19(17-11-7-5-8-12-17)15-20(22-16)18-13-9-6-10-14-18/h6,9-10,13-15,17H,5,7-8,11-12H2,1-4H3/i1D3. The molecule has 1 saturated carbocycles. The van der Waals surface area contributed by atoms with Crippen molar-refractivity contribution in [3.8, 4) is 11.3 Å². The molecule has 0 bridgehead atoms. The van der Waals surface area contributed by atoms with E-state index in [1.807, 2.05) is 30.3 Å². The van der Waals surface area contributed by atoms with Crippen LogP contribution in [0.4, 0.5) is 0 Å². The molecule has 3 rings (SSSR count). The molecule has 1 fully saturated rings. The molecule has 0 spiro atoms. The fourth-order valence-electron chi connectivity index (χ4n) is 3.85. The van der Waals surface area contributed by atoms with E-state index in [-0.39, 0.29) is 0 Å². The number of benzene rings is 1. The summed E-state index contributed by atoms with van der Waals surface area (Å²) >= 11 is 0. The van der Waals surface area contributed by atoms with Gasteiger partial charge in [-0.1, -0.05) is 69.2 Å². The van der Waals surface area contributed by atoms with Crippen molar-refractivity contribution < 1.29 is 4.11 Å². The molecular weight excluding hydrogens is 294 g/mol. The number of hydrogen-bond acceptors (Lipinski definition) is 1. The van der Waals surface area contributed by atoms with E-state index in [1.54, 1.807) is 0 Å². The number of hydrogen-bond donors (Lipinski definition) is 0. The van der Waals surface area contributed by atoms with Gasteiger partial charge in [0.15, 0.2) is 0 Å². The summed E-state index contributed by atoms with van der Waals surface area (Å²) in [6.07, 6.45) is 6.09. The van der Waals surface area contributed by atoms with Crippen LogP contribution in [0.2, 0.25) is 19.6 Å². The molecule has 0 N–H and O–H groups in total. The van der Waals surface area contributed by atoms with Crippen molar-refractivity contribution in [1.29, 1.82) is 0 Å². The van der Waals surface area contributed by atoms with Crippen LogP contribution >= 0.6 is 0 Å². The Kier molecular flexibility index (Phi) is 3.72. The molecule has 122 valence electrons. The molecule has 1 aliphatic rings. The van der Waals surface area contributed by atoms with E-state index in [0.717, 1.165) is 29.3 Å². The molecule has 0 saturated heterocycles. The third-order valence-corrected chi connectivity index (χ3v) is 6.94. The normalized spacial score (nSPS) is 19.0. The Balaban J connectivity index is 2.27. The molecule has 23 heavy (non-hydrogen) atoms. The van der Waals surface area contributed by atoms with Crippen LogP contribution in [0.1, 0.15) is 53.4 Å². The Morgan fingerprint density at radius 1 is 1.04 bits per heavy atom. The van der Waals surface area contributed by atoms with E-state index >= 15 is 0 Å². The van der Waals surface area contributed by atoms with Gasteiger partial charge < -0.3 is 0 Å². The second kappa shape index (κ2) is 6.60. The summed E-state index contributed by atoms with van der Waals surface area (Å²) in [5, 5.41) is 1.07. The molecule has 1 heterocycles. The van der Waals surface area contributed by atoms with Crippen LogP contribution in [0.3, 0.4) is 0 Å². The van der Waals surface area contributed by atoms with Crippen LogP contribution in [-0.4, -0.2) is 13.1 Å². The van der Waals surface area contributed by atoms with E-state index in [1.165, 1.54) is 24.8 Å². The van der Waals surface area contributed by atoms with Crippen LogP contribution in [0.25, 0.3) is 11.3 Å². The van der Waals surface area contributed by atoms with Crippen molar-refractivity contribution in [2.45, 2.75) is 64.5 Å². The average molecular weight is 327 g/mol. The summed E-state index contributed by atoms with van der Waals surface area (Å²) in [5.41, 5.74) is 3.42. The summed E-state index contributed by atoms with van der Waals surface area (Å²) in [5.74, 6) is 0.469. The minimum absolute atomic E-state index is 0.346. The molecule has 2 heteroatoms. The molecule has 1 nitrogen and oxygen atoms in total. The number of aryl methyl sites for hydroxylation is 1. The maximum absolute atomic E-state index is 8.16. The van der Waals surface area contributed by atoms with Gasteiger partial charge in [-0.25, -0.2) is 0 Å². The highest BCUT2D eigenvalue weighted by Crippen LogP contribution is 2.34. The fraction of sp³-hybridized carbons (Fsp3) is 0.476. The van der Waals surface area contributed by atoms with Gasteiger partial charge in [-0.15, -0.1) is 0 Å². The predicted octanol–water partition coefficient (Wildman–Crippen LogP) is 5.65. The first-order chi connectivity index (χ1) is 12.2. The zero-order valence-electron chi connectivity index (χ0n) is 17.5. The molecule has 0 atom stereocenters. The second-order valence-electron chi connectivity index (χ2n) is 7.77. The van der Waals surface area contributed by atoms with Gasteiger partial charge >= 0.3 is 0 Å². The van der Waals surface area contributed by atoms with Gasteiger partial charge in [-0.3, -0.25) is 4.98 Å². The SMILES string of the molecule is [2H]C([2H])([2H])c1nc(-c2ccccc2)cc(C2CCCCC2)c1[Si](C)(C)C. The van der Waals surface area contributed by atoms with Crippen LogP contribution in [-0.2, 0) is 0 Å². The van der Waals surface area contributed by atoms with Gasteiger partial charge in [-0.2, -0.15) is 0 Å². The van der Waals surface area contributed by atoms with E-state index in [0.29, 0.717) is 11.6 Å². The van der Waals surface area contributed by atoms with Crippen molar-refractivity contribution in [3.05, 3.63) is 47.7 Å². The van der Waals surface area contributed by atoms with Crippen molar-refractivity contribution in [2.75, 3.05) is 0 Å². The highest BCUT2D eigenvalue weighted by molar-refractivity contribution is 6.89. The highest BCUT2D eigenvalue weighted by atomic mass is 28.3. The summed E-state index contributed by atoms with van der Waals surface area (Å²) in [6, 6.07) is 12.2. The average Bonchev–Trinajstić information content (AvgIpc) is 2.60. The zero-order valence-corrected chi connectivity index (χ0v) is 15.5. The monoisotopic (exact) mass is 326 g/mol. The highest BCUT2D eigenvalue weighted by Gasteiger charge is 2.28. The molecule has 0 unspecified atom stereocenters. The Hall–Kier alpha value is -1.41. The number of aromatic nitrogens is 1. The number of rotatable bonds is 3. The van der Waals surface area contributed by atoms with Crippen LogP contribution in [0.15, 0.2) is 36.4 Å². The van der Waals surface area contributed by atoms with Crippen molar-refractivity contribution >= 4 is 13.3 Å². The maximum atomic E-state index is 8.16. The van der Waals surface area contributed by atoms with Gasteiger partial charge in [0.2, 0.25) is 0 Å². The van der Waals surface area contributed by atoms with E-state index in [9.17, 15) is 0 Å². The van der Waals surface area contributed by atoms with Crippen LogP contribution < -0.4 is 5.19 Å². The minimum Gasteiger partial charge on any atom is -0.253 e. The van der Waals surface area contributed by atoms with Gasteiger partial charge in [0.1, 0.15) is 0 Å². The van der Waals surface area contributed by atoms with Crippen molar-refractivity contribution in [3.63, 3.8) is 0 Å². The lowest BCUT2D eigenvalue weighted by molar-refractivity contribution is 0.444. The molecule has 1 aromatic carbocycles. The maximum Gasteiger partial charge on any atom is 0.0803 e. The Morgan fingerprint density at radius 2 is 1.74 bits per heavy atom. The third-order valence-electron chi connectivity index (χ3n) is 4.91. The molecular formula is C21H29NSi. The molecule has 0 radical (unpaired) electrons. The third kappa shape index (κ3) is 3.58. The minimum atomic E-state index is -2.18. The quantitative estimate of drug-likeness (QED) is 0.664. The zero-order chi connectivity index (χ0) is 18.9. The summed E-state index contributed by atoms with van der Waals surface area (Å²) in [6.45, 7) is 4.55. The number of pyridine rings is 1. The molecule has 0 amide bonds. The van der Waals surface area contributed by atoms with Gasteiger partial charge in [-0.05, 0) is 42.4 Å². The number of nitrogens with zero attached hydrogens (tertiary/aromatic N) is 1. The Morgan fingerprint density at radius 3 is 2.35 bits per heavy atom. The first-order valence-electron chi connectivity index (χ1n) is 10.3. The van der Waals surface area contributed by atoms with Gasteiger partial charge in [0.05, 0.1) is 13.8 Å². The largest absolute Gasteiger partial charge is 0.253 e. The lowest BCUT2D eigenvalue weighted by Crippen LogP contribution is -2.43. The van der Waals surface area contributed by atoms with Crippen LogP contribution in [0, 0.1) is 6.85 Å². The Bertz CT molecular complexity index is 757. The molecule has 0 aliphatic heterocycles. The lowest BCUT2D eigenvalue weighted by Gasteiger charge is -2.30. The molecule has 2 aromatic rings. The molecule has 1 aliphatic carbocycles. The second-order valence-corrected chi connectivity index (χ2v) is 12.8. The fourth-order valence-corrected chi connectivity index (χ4v) is 5.75. The van der Waals surface area contributed by atoms with Gasteiger partial charge in [0.25, 0.3) is 0 Å². The van der Waals surface area contributed by atoms with Crippen molar-refractivity contribution in [2.24, 2.45) is 0 Å². The topological polar surface area (TPSA) is 12.9 Å². The van der Waals surface area contributed by atoms with E-state index < -0.39 is 14.9 Å². The van der Waals surface area contributed by atoms with Crippen LogP contribution in [0.5, 0.6) is 0 Å². The predicted molar refractivity (Wildman–Crippen MR) is 103 cm³/mol. The first-order valence-corrected chi connectivity index (χ1v) is 12.3. The lowest BCUT2D eigenvalue weighted by atomic mass is 9.83. The van der Waals surface area contributed by atoms with E-state index in [4.69, 9.17) is 9.10 Å². The summed E-state index contributed by atoms with van der Waals surface area (Å²) in [4.78, 5) is 4.71. The first kappa shape index (κ1) is 12.9. The van der Waals surface area contributed by atoms with E-state index in [2.05, 4.69) is 25.7 Å². The van der Waals surface area contributed by atoms with Gasteiger partial charge in [0, 0.05) is 15.4 Å². The van der Waals surface area contributed by atoms with Crippen molar-refractivity contribution in [1.82, 2.24) is 4.98 Å². The Labute approximate surface area is 146 Å². The smallest absolute Gasteiger partial charge is 0.0803 e. The molecule has 1 aromatic heterocycles. The summed E-state index contributed by atoms with van der Waals surface area (Å²) in [7, 11) is -1.86.